The zero-order valence-corrected chi connectivity index (χ0v) is 18.0. The summed E-state index contributed by atoms with van der Waals surface area (Å²) < 4.78 is 36.1. The zero-order valence-electron chi connectivity index (χ0n) is 18.0. The van der Waals surface area contributed by atoms with Gasteiger partial charge in [0.05, 0.1) is 17.6 Å². The second-order valence-corrected chi connectivity index (χ2v) is 9.30. The third kappa shape index (κ3) is 3.10. The maximum Gasteiger partial charge on any atom is 0.164 e. The van der Waals surface area contributed by atoms with Crippen LogP contribution < -0.4 is 5.73 Å². The average Bonchev–Trinajstić information content (AvgIpc) is 3.09. The second-order valence-electron chi connectivity index (χ2n) is 9.30. The van der Waals surface area contributed by atoms with E-state index >= 15 is 0 Å². The Labute approximate surface area is 190 Å². The fourth-order valence-electron chi connectivity index (χ4n) is 5.79. The van der Waals surface area contributed by atoms with Gasteiger partial charge in [-0.15, -0.1) is 0 Å². The topological polar surface area (TPSA) is 76.6 Å². The number of hydrogen-bond donors (Lipinski definition) is 2. The lowest BCUT2D eigenvalue weighted by Crippen LogP contribution is -2.28. The Morgan fingerprint density at radius 3 is 2.76 bits per heavy atom. The van der Waals surface area contributed by atoms with Crippen LogP contribution in [0.3, 0.4) is 0 Å². The molecule has 2 aliphatic carbocycles. The molecule has 3 N–H and O–H groups in total. The number of rotatable bonds is 6. The van der Waals surface area contributed by atoms with Crippen molar-refractivity contribution in [1.29, 1.82) is 0 Å². The molecule has 1 spiro atoms. The van der Waals surface area contributed by atoms with Crippen molar-refractivity contribution < 1.29 is 18.6 Å². The van der Waals surface area contributed by atoms with E-state index in [0.29, 0.717) is 12.0 Å². The Morgan fingerprint density at radius 2 is 1.97 bits per heavy atom. The first-order chi connectivity index (χ1) is 15.9. The third-order valence-electron chi connectivity index (χ3n) is 7.54. The fraction of sp³-hybridized carbons (Fsp3) is 0.346. The first kappa shape index (κ1) is 20.7. The van der Waals surface area contributed by atoms with E-state index < -0.39 is 12.4 Å². The van der Waals surface area contributed by atoms with Gasteiger partial charge >= 0.3 is 0 Å². The van der Waals surface area contributed by atoms with Gasteiger partial charge in [0.2, 0.25) is 0 Å². The molecular formula is C26H25F2N3O2. The molecule has 5 nitrogen and oxygen atoms in total. The molecule has 1 aliphatic heterocycles. The molecule has 6 rings (SSSR count). The predicted octanol–water partition coefficient (Wildman–Crippen LogP) is 4.17. The van der Waals surface area contributed by atoms with E-state index in [0.717, 1.165) is 48.2 Å². The number of nitrogens with two attached hydrogens (primary N) is 1. The van der Waals surface area contributed by atoms with Crippen LogP contribution in [0, 0.1) is 5.82 Å². The van der Waals surface area contributed by atoms with E-state index in [-0.39, 0.29) is 17.0 Å². The summed E-state index contributed by atoms with van der Waals surface area (Å²) >= 11 is 0. The standard InChI is InChI=1S/C26H25F2N3O2/c27-19-5-7-20(8-6-19)31-22-13-18-10-12-25(26(18,33-25)14-17(22)15-30-31)11-9-16-3-1-2-4-21(16)23(28)24(29)32/h1-8,13,15,23-24,32H,9-12,14,29H2. The predicted molar refractivity (Wildman–Crippen MR) is 120 cm³/mol. The minimum absolute atomic E-state index is 0.255. The lowest BCUT2D eigenvalue weighted by Gasteiger charge is -2.20. The summed E-state index contributed by atoms with van der Waals surface area (Å²) in [5.41, 5.74) is 10.4. The molecule has 7 heteroatoms. The van der Waals surface area contributed by atoms with Gasteiger partial charge in [0.1, 0.15) is 23.2 Å². The fourth-order valence-corrected chi connectivity index (χ4v) is 5.79. The minimum Gasteiger partial charge on any atom is -0.375 e. The summed E-state index contributed by atoms with van der Waals surface area (Å²) in [6.07, 6.45) is 4.96. The number of fused-ring (bicyclic) bond motifs is 1. The third-order valence-corrected chi connectivity index (χ3v) is 7.54. The summed E-state index contributed by atoms with van der Waals surface area (Å²) in [6.45, 7) is 0. The number of aromatic nitrogens is 2. The Morgan fingerprint density at radius 1 is 1.18 bits per heavy atom. The average molecular weight is 450 g/mol. The lowest BCUT2D eigenvalue weighted by molar-refractivity contribution is 0.0826. The van der Waals surface area contributed by atoms with Gasteiger partial charge in [-0.1, -0.05) is 24.3 Å². The van der Waals surface area contributed by atoms with Crippen LogP contribution >= 0.6 is 0 Å². The lowest BCUT2D eigenvalue weighted by atomic mass is 9.80. The smallest absolute Gasteiger partial charge is 0.164 e. The molecule has 33 heavy (non-hydrogen) atoms. The number of aliphatic hydroxyl groups excluding tert-OH is 1. The maximum absolute atomic E-state index is 14.5. The SMILES string of the molecule is NC(O)C(F)c1ccccc1CCC12CCC3=Cc4c(cnn4-c4ccc(F)cc4)CC31O2. The van der Waals surface area contributed by atoms with E-state index in [9.17, 15) is 13.9 Å². The van der Waals surface area contributed by atoms with Crippen LogP contribution in [0.1, 0.15) is 47.8 Å². The molecular weight excluding hydrogens is 424 g/mol. The van der Waals surface area contributed by atoms with Gasteiger partial charge in [-0.2, -0.15) is 5.10 Å². The van der Waals surface area contributed by atoms with Crippen molar-refractivity contribution in [1.82, 2.24) is 9.78 Å². The molecule has 2 fully saturated rings. The van der Waals surface area contributed by atoms with Gasteiger partial charge in [0.25, 0.3) is 0 Å². The molecule has 3 aliphatic rings. The first-order valence-electron chi connectivity index (χ1n) is 11.3. The number of epoxide rings is 1. The van der Waals surface area contributed by atoms with Gasteiger partial charge in [-0.05, 0) is 72.7 Å². The number of hydrogen-bond acceptors (Lipinski definition) is 4. The van der Waals surface area contributed by atoms with Gasteiger partial charge in [-0.3, -0.25) is 0 Å². The Balaban J connectivity index is 1.25. The van der Waals surface area contributed by atoms with E-state index in [1.807, 2.05) is 23.0 Å². The van der Waals surface area contributed by atoms with Crippen molar-refractivity contribution in [3.63, 3.8) is 0 Å². The van der Waals surface area contributed by atoms with Crippen LogP contribution in [0.5, 0.6) is 0 Å². The zero-order chi connectivity index (χ0) is 22.8. The molecule has 1 aromatic heterocycles. The molecule has 0 bridgehead atoms. The van der Waals surface area contributed by atoms with Crippen LogP contribution in [0.15, 0.2) is 60.3 Å². The Hall–Kier alpha value is -2.87. The number of alkyl halides is 1. The molecule has 4 unspecified atom stereocenters. The molecule has 3 aromatic rings. The normalized spacial score (nSPS) is 26.7. The van der Waals surface area contributed by atoms with E-state index in [1.165, 1.54) is 17.7 Å². The number of benzene rings is 2. The van der Waals surface area contributed by atoms with Crippen LogP contribution in [0.4, 0.5) is 8.78 Å². The summed E-state index contributed by atoms with van der Waals surface area (Å²) in [5, 5.41) is 14.1. The number of halogens is 2. The van der Waals surface area contributed by atoms with Crippen molar-refractivity contribution in [2.75, 3.05) is 0 Å². The highest BCUT2D eigenvalue weighted by atomic mass is 19.1. The van der Waals surface area contributed by atoms with Gasteiger partial charge in [0, 0.05) is 12.0 Å². The second kappa shape index (κ2) is 7.32. The Bertz CT molecular complexity index is 1250. The number of aryl methyl sites for hydroxylation is 1. The summed E-state index contributed by atoms with van der Waals surface area (Å²) in [7, 11) is 0. The number of aliphatic hydroxyl groups is 1. The summed E-state index contributed by atoms with van der Waals surface area (Å²) in [4.78, 5) is 0. The van der Waals surface area contributed by atoms with Crippen molar-refractivity contribution >= 4 is 6.08 Å². The summed E-state index contributed by atoms with van der Waals surface area (Å²) in [6, 6.07) is 13.6. The van der Waals surface area contributed by atoms with Crippen LogP contribution in [0.25, 0.3) is 11.8 Å². The Kier molecular flexibility index (Phi) is 4.59. The van der Waals surface area contributed by atoms with E-state index in [4.69, 9.17) is 10.5 Å². The number of ether oxygens (including phenoxy) is 1. The highest BCUT2D eigenvalue weighted by Crippen LogP contribution is 2.67. The molecule has 170 valence electrons. The minimum atomic E-state index is -1.61. The molecule has 1 saturated carbocycles. The van der Waals surface area contributed by atoms with E-state index in [2.05, 4.69) is 11.2 Å². The first-order valence-corrected chi connectivity index (χ1v) is 11.3. The van der Waals surface area contributed by atoms with Crippen LogP contribution in [-0.4, -0.2) is 32.3 Å². The molecule has 0 radical (unpaired) electrons. The van der Waals surface area contributed by atoms with Gasteiger partial charge in [-0.25, -0.2) is 13.5 Å². The van der Waals surface area contributed by atoms with Crippen LogP contribution in [-0.2, 0) is 17.6 Å². The highest BCUT2D eigenvalue weighted by molar-refractivity contribution is 5.66. The number of nitrogens with zero attached hydrogens (tertiary/aromatic N) is 2. The van der Waals surface area contributed by atoms with Crippen molar-refractivity contribution in [2.45, 2.75) is 55.7 Å². The largest absolute Gasteiger partial charge is 0.375 e. The summed E-state index contributed by atoms with van der Waals surface area (Å²) in [5.74, 6) is -0.273. The van der Waals surface area contributed by atoms with Crippen molar-refractivity contribution in [3.8, 4) is 5.69 Å². The van der Waals surface area contributed by atoms with Crippen molar-refractivity contribution in [2.24, 2.45) is 5.73 Å². The van der Waals surface area contributed by atoms with Crippen LogP contribution in [0.2, 0.25) is 0 Å². The van der Waals surface area contributed by atoms with Gasteiger partial charge < -0.3 is 15.6 Å². The molecule has 2 aromatic carbocycles. The maximum atomic E-state index is 14.5. The quantitative estimate of drug-likeness (QED) is 0.437. The monoisotopic (exact) mass is 449 g/mol. The molecule has 4 atom stereocenters. The molecule has 2 heterocycles. The highest BCUT2D eigenvalue weighted by Gasteiger charge is 2.74. The van der Waals surface area contributed by atoms with E-state index in [1.54, 1.807) is 24.3 Å². The molecule has 1 saturated heterocycles. The van der Waals surface area contributed by atoms with Crippen molar-refractivity contribution in [3.05, 3.63) is 88.5 Å². The van der Waals surface area contributed by atoms with Gasteiger partial charge in [0.15, 0.2) is 6.17 Å². The molecule has 0 amide bonds.